The van der Waals surface area contributed by atoms with E-state index in [0.29, 0.717) is 9.90 Å². The van der Waals surface area contributed by atoms with E-state index in [1.165, 1.54) is 16.9 Å². The molecule has 0 saturated heterocycles. The monoisotopic (exact) mass is 413 g/mol. The van der Waals surface area contributed by atoms with E-state index in [4.69, 9.17) is 11.6 Å². The molecule has 1 aromatic heterocycles. The van der Waals surface area contributed by atoms with Gasteiger partial charge in [0.25, 0.3) is 11.8 Å². The van der Waals surface area contributed by atoms with Crippen LogP contribution in [0.3, 0.4) is 0 Å². The molecule has 0 unspecified atom stereocenters. The van der Waals surface area contributed by atoms with Crippen LogP contribution in [0.15, 0.2) is 41.5 Å². The third-order valence-corrected chi connectivity index (χ3v) is 5.95. The second kappa shape index (κ2) is 8.54. The van der Waals surface area contributed by atoms with Crippen molar-refractivity contribution in [2.24, 2.45) is 5.10 Å². The van der Waals surface area contributed by atoms with Gasteiger partial charge in [-0.05, 0) is 38.0 Å². The SMILES string of the molecule is Cc1cc(C)c(/C=N/NC(=O)CNC(=O)c2sc3ccccc3c2Cl)c(C)c1. The highest BCUT2D eigenvalue weighted by atomic mass is 35.5. The van der Waals surface area contributed by atoms with E-state index in [-0.39, 0.29) is 12.5 Å². The van der Waals surface area contributed by atoms with Crippen LogP contribution in [-0.4, -0.2) is 24.6 Å². The molecule has 0 radical (unpaired) electrons. The van der Waals surface area contributed by atoms with Gasteiger partial charge in [0.15, 0.2) is 0 Å². The van der Waals surface area contributed by atoms with Gasteiger partial charge in [0.1, 0.15) is 4.88 Å². The fourth-order valence-corrected chi connectivity index (χ4v) is 4.44. The molecule has 0 aliphatic carbocycles. The molecule has 0 atom stereocenters. The Morgan fingerprint density at radius 1 is 1.14 bits per heavy atom. The molecule has 7 heteroatoms. The lowest BCUT2D eigenvalue weighted by Gasteiger charge is -2.07. The summed E-state index contributed by atoms with van der Waals surface area (Å²) in [4.78, 5) is 24.7. The van der Waals surface area contributed by atoms with E-state index in [1.807, 2.05) is 45.0 Å². The molecule has 144 valence electrons. The maximum Gasteiger partial charge on any atom is 0.263 e. The van der Waals surface area contributed by atoms with Crippen LogP contribution in [0.4, 0.5) is 0 Å². The minimum absolute atomic E-state index is 0.188. The predicted octanol–water partition coefficient (Wildman–Crippen LogP) is 4.36. The summed E-state index contributed by atoms with van der Waals surface area (Å²) < 4.78 is 0.926. The zero-order chi connectivity index (χ0) is 20.3. The number of hydrogen-bond acceptors (Lipinski definition) is 4. The van der Waals surface area contributed by atoms with Crippen LogP contribution in [0, 0.1) is 20.8 Å². The zero-order valence-electron chi connectivity index (χ0n) is 15.8. The van der Waals surface area contributed by atoms with Gasteiger partial charge in [-0.3, -0.25) is 9.59 Å². The number of carbonyl (C=O) groups excluding carboxylic acids is 2. The molecular weight excluding hydrogens is 394 g/mol. The lowest BCUT2D eigenvalue weighted by molar-refractivity contribution is -0.120. The maximum absolute atomic E-state index is 12.4. The Balaban J connectivity index is 1.58. The van der Waals surface area contributed by atoms with Crippen molar-refractivity contribution in [3.8, 4) is 0 Å². The van der Waals surface area contributed by atoms with E-state index < -0.39 is 5.91 Å². The lowest BCUT2D eigenvalue weighted by Crippen LogP contribution is -2.34. The Kier molecular flexibility index (Phi) is 6.11. The Morgan fingerprint density at radius 2 is 1.82 bits per heavy atom. The van der Waals surface area contributed by atoms with Crippen LogP contribution in [0.1, 0.15) is 31.9 Å². The summed E-state index contributed by atoms with van der Waals surface area (Å²) in [7, 11) is 0. The molecule has 2 amide bonds. The van der Waals surface area contributed by atoms with Crippen molar-refractivity contribution in [3.63, 3.8) is 0 Å². The first kappa shape index (κ1) is 20.0. The fraction of sp³-hybridized carbons (Fsp3) is 0.190. The highest BCUT2D eigenvalue weighted by Gasteiger charge is 2.17. The highest BCUT2D eigenvalue weighted by molar-refractivity contribution is 7.21. The molecule has 0 spiro atoms. The summed E-state index contributed by atoms with van der Waals surface area (Å²) in [5.41, 5.74) is 6.75. The predicted molar refractivity (Wildman–Crippen MR) is 116 cm³/mol. The van der Waals surface area contributed by atoms with E-state index in [2.05, 4.69) is 28.0 Å². The molecular formula is C21H20ClN3O2S. The Hall–Kier alpha value is -2.70. The summed E-state index contributed by atoms with van der Waals surface area (Å²) in [5.74, 6) is -0.792. The van der Waals surface area contributed by atoms with E-state index in [1.54, 1.807) is 6.21 Å². The van der Waals surface area contributed by atoms with Gasteiger partial charge < -0.3 is 5.32 Å². The van der Waals surface area contributed by atoms with Crippen molar-refractivity contribution in [2.45, 2.75) is 20.8 Å². The fourth-order valence-electron chi connectivity index (χ4n) is 3.00. The Labute approximate surface area is 172 Å². The Bertz CT molecular complexity index is 1070. The van der Waals surface area contributed by atoms with Crippen LogP contribution in [0.5, 0.6) is 0 Å². The average Bonchev–Trinajstić information content (AvgIpc) is 2.99. The van der Waals surface area contributed by atoms with Crippen molar-refractivity contribution in [2.75, 3.05) is 6.54 Å². The van der Waals surface area contributed by atoms with Gasteiger partial charge in [0.2, 0.25) is 0 Å². The number of halogens is 1. The molecule has 3 aromatic rings. The van der Waals surface area contributed by atoms with E-state index >= 15 is 0 Å². The van der Waals surface area contributed by atoms with Crippen molar-refractivity contribution in [3.05, 3.63) is 68.6 Å². The van der Waals surface area contributed by atoms with Gasteiger partial charge in [0, 0.05) is 15.6 Å². The van der Waals surface area contributed by atoms with Crippen LogP contribution >= 0.6 is 22.9 Å². The molecule has 28 heavy (non-hydrogen) atoms. The molecule has 0 aliphatic heterocycles. The minimum Gasteiger partial charge on any atom is -0.342 e. The van der Waals surface area contributed by atoms with Crippen LogP contribution in [0.2, 0.25) is 5.02 Å². The number of thiophene rings is 1. The molecule has 0 bridgehead atoms. The number of aryl methyl sites for hydroxylation is 3. The number of amides is 2. The number of rotatable bonds is 5. The maximum atomic E-state index is 12.4. The normalized spacial score (nSPS) is 11.1. The summed E-state index contributed by atoms with van der Waals surface area (Å²) in [6.07, 6.45) is 1.62. The van der Waals surface area contributed by atoms with Gasteiger partial charge >= 0.3 is 0 Å². The number of fused-ring (bicyclic) bond motifs is 1. The summed E-state index contributed by atoms with van der Waals surface area (Å²) in [5, 5.41) is 7.81. The van der Waals surface area contributed by atoms with Gasteiger partial charge in [-0.1, -0.05) is 47.5 Å². The summed E-state index contributed by atoms with van der Waals surface area (Å²) >= 11 is 7.58. The molecule has 1 heterocycles. The number of carbonyl (C=O) groups is 2. The number of benzene rings is 2. The number of nitrogens with zero attached hydrogens (tertiary/aromatic N) is 1. The van der Waals surface area contributed by atoms with Crippen molar-refractivity contribution < 1.29 is 9.59 Å². The minimum atomic E-state index is -0.413. The first-order valence-corrected chi connectivity index (χ1v) is 9.91. The first-order valence-electron chi connectivity index (χ1n) is 8.72. The molecule has 2 aromatic carbocycles. The van der Waals surface area contributed by atoms with Gasteiger partial charge in [0.05, 0.1) is 17.8 Å². The molecule has 2 N–H and O–H groups in total. The topological polar surface area (TPSA) is 70.6 Å². The largest absolute Gasteiger partial charge is 0.342 e. The Morgan fingerprint density at radius 3 is 2.50 bits per heavy atom. The molecule has 0 fully saturated rings. The summed E-state index contributed by atoms with van der Waals surface area (Å²) in [6.45, 7) is 5.84. The average molecular weight is 414 g/mol. The molecule has 5 nitrogen and oxygen atoms in total. The van der Waals surface area contributed by atoms with Gasteiger partial charge in [-0.25, -0.2) is 5.43 Å². The quantitative estimate of drug-likeness (QED) is 0.482. The smallest absolute Gasteiger partial charge is 0.263 e. The third-order valence-electron chi connectivity index (χ3n) is 4.27. The number of hydrogen-bond donors (Lipinski definition) is 2. The molecule has 0 aliphatic rings. The lowest BCUT2D eigenvalue weighted by atomic mass is 10.0. The second-order valence-electron chi connectivity index (χ2n) is 6.53. The second-order valence-corrected chi connectivity index (χ2v) is 7.96. The molecule has 3 rings (SSSR count). The number of hydrazone groups is 1. The molecule has 0 saturated carbocycles. The van der Waals surface area contributed by atoms with E-state index in [0.717, 1.165) is 26.8 Å². The van der Waals surface area contributed by atoms with Crippen molar-refractivity contribution in [1.82, 2.24) is 10.7 Å². The van der Waals surface area contributed by atoms with E-state index in [9.17, 15) is 9.59 Å². The van der Waals surface area contributed by atoms with Gasteiger partial charge in [-0.2, -0.15) is 5.10 Å². The van der Waals surface area contributed by atoms with Gasteiger partial charge in [-0.15, -0.1) is 11.3 Å². The van der Waals surface area contributed by atoms with Crippen molar-refractivity contribution >= 4 is 51.1 Å². The van der Waals surface area contributed by atoms with Crippen LogP contribution in [0.25, 0.3) is 10.1 Å². The first-order chi connectivity index (χ1) is 13.4. The highest BCUT2D eigenvalue weighted by Crippen LogP contribution is 2.34. The standard InChI is InChI=1S/C21H20ClN3O2S/c1-12-8-13(2)16(14(3)9-12)10-24-25-18(26)11-23-21(27)20-19(22)15-6-4-5-7-17(15)28-20/h4-10H,11H2,1-3H3,(H,23,27)(H,25,26)/b24-10+. The van der Waals surface area contributed by atoms with Crippen molar-refractivity contribution in [1.29, 1.82) is 0 Å². The van der Waals surface area contributed by atoms with Crippen LogP contribution in [-0.2, 0) is 4.79 Å². The third kappa shape index (κ3) is 4.40. The zero-order valence-corrected chi connectivity index (χ0v) is 17.4. The summed E-state index contributed by atoms with van der Waals surface area (Å²) in [6, 6.07) is 11.6. The van der Waals surface area contributed by atoms with Crippen LogP contribution < -0.4 is 10.7 Å². The number of nitrogens with one attached hydrogen (secondary N) is 2.